The number of nitrogens with one attached hydrogen (secondary N) is 2. The van der Waals surface area contributed by atoms with Crippen LogP contribution in [0, 0.1) is 0 Å². The van der Waals surface area contributed by atoms with Gasteiger partial charge < -0.3 is 10.1 Å². The normalized spacial score (nSPS) is 11.0. The van der Waals surface area contributed by atoms with Gasteiger partial charge in [-0.3, -0.25) is 9.52 Å². The minimum Gasteiger partial charge on any atom is -0.492 e. The molecular formula is C16H16Cl2N2O4S. The van der Waals surface area contributed by atoms with Crippen molar-refractivity contribution in [2.24, 2.45) is 0 Å². The first-order valence-corrected chi connectivity index (χ1v) is 9.48. The first-order valence-electron chi connectivity index (χ1n) is 7.24. The molecule has 2 aromatic rings. The summed E-state index contributed by atoms with van der Waals surface area (Å²) in [6.45, 7) is 3.48. The lowest BCUT2D eigenvalue weighted by Crippen LogP contribution is -2.14. The number of sulfonamides is 1. The van der Waals surface area contributed by atoms with E-state index in [0.717, 1.165) is 0 Å². The highest BCUT2D eigenvalue weighted by molar-refractivity contribution is 7.92. The molecule has 9 heteroatoms. The summed E-state index contributed by atoms with van der Waals surface area (Å²) in [6, 6.07) is 8.55. The zero-order valence-corrected chi connectivity index (χ0v) is 15.8. The maximum atomic E-state index is 12.6. The van der Waals surface area contributed by atoms with Crippen LogP contribution < -0.4 is 14.8 Å². The van der Waals surface area contributed by atoms with Crippen molar-refractivity contribution in [2.45, 2.75) is 18.7 Å². The fourth-order valence-electron chi connectivity index (χ4n) is 2.07. The molecule has 0 bridgehead atoms. The van der Waals surface area contributed by atoms with Crippen LogP contribution in [0.1, 0.15) is 13.8 Å². The van der Waals surface area contributed by atoms with E-state index in [0.29, 0.717) is 22.4 Å². The highest BCUT2D eigenvalue weighted by atomic mass is 35.5. The number of carbonyl (C=O) groups excluding carboxylic acids is 1. The molecule has 0 saturated carbocycles. The van der Waals surface area contributed by atoms with Crippen molar-refractivity contribution >= 4 is 50.5 Å². The molecule has 0 saturated heterocycles. The number of anilines is 2. The van der Waals surface area contributed by atoms with Crippen molar-refractivity contribution in [3.05, 3.63) is 46.4 Å². The minimum absolute atomic E-state index is 0.0456. The largest absolute Gasteiger partial charge is 0.492 e. The van der Waals surface area contributed by atoms with E-state index in [2.05, 4.69) is 10.0 Å². The Morgan fingerprint density at radius 1 is 1.12 bits per heavy atom. The van der Waals surface area contributed by atoms with Gasteiger partial charge in [-0.1, -0.05) is 23.2 Å². The average Bonchev–Trinajstić information content (AvgIpc) is 2.47. The number of benzene rings is 2. The predicted molar refractivity (Wildman–Crippen MR) is 99.2 cm³/mol. The van der Waals surface area contributed by atoms with Crippen molar-refractivity contribution in [3.63, 3.8) is 0 Å². The molecule has 1 amide bonds. The van der Waals surface area contributed by atoms with Gasteiger partial charge in [-0.05, 0) is 43.3 Å². The molecule has 0 heterocycles. The van der Waals surface area contributed by atoms with E-state index in [9.17, 15) is 13.2 Å². The predicted octanol–water partition coefficient (Wildman–Crippen LogP) is 4.15. The van der Waals surface area contributed by atoms with Crippen LogP contribution in [0.25, 0.3) is 0 Å². The molecule has 0 radical (unpaired) electrons. The molecule has 6 nitrogen and oxygen atoms in total. The van der Waals surface area contributed by atoms with Gasteiger partial charge in [0.2, 0.25) is 5.91 Å². The molecule has 2 aromatic carbocycles. The molecule has 0 unspecified atom stereocenters. The molecule has 0 aliphatic heterocycles. The van der Waals surface area contributed by atoms with Crippen molar-refractivity contribution < 1.29 is 17.9 Å². The molecule has 0 spiro atoms. The molecule has 0 aliphatic carbocycles. The van der Waals surface area contributed by atoms with E-state index < -0.39 is 10.0 Å². The second-order valence-corrected chi connectivity index (χ2v) is 7.59. The van der Waals surface area contributed by atoms with Gasteiger partial charge in [0.15, 0.2) is 0 Å². The molecular weight excluding hydrogens is 387 g/mol. The number of amides is 1. The summed E-state index contributed by atoms with van der Waals surface area (Å²) in [5.74, 6) is 0.0348. The van der Waals surface area contributed by atoms with E-state index in [1.807, 2.05) is 0 Å². The van der Waals surface area contributed by atoms with Crippen LogP contribution in [0.5, 0.6) is 5.75 Å². The molecule has 2 N–H and O–H groups in total. The number of halogens is 2. The second kappa shape index (κ2) is 7.95. The third-order valence-electron chi connectivity index (χ3n) is 2.99. The van der Waals surface area contributed by atoms with Gasteiger partial charge in [0.25, 0.3) is 10.0 Å². The van der Waals surface area contributed by atoms with Crippen molar-refractivity contribution in [3.8, 4) is 5.75 Å². The number of carbonyl (C=O) groups is 1. The van der Waals surface area contributed by atoms with Crippen LogP contribution in [0.2, 0.25) is 10.0 Å². The van der Waals surface area contributed by atoms with E-state index in [4.69, 9.17) is 27.9 Å². The van der Waals surface area contributed by atoms with Crippen LogP contribution >= 0.6 is 23.2 Å². The molecule has 0 aliphatic rings. The smallest absolute Gasteiger partial charge is 0.261 e. The van der Waals surface area contributed by atoms with Gasteiger partial charge >= 0.3 is 0 Å². The number of rotatable bonds is 6. The van der Waals surface area contributed by atoms with Gasteiger partial charge in [0.1, 0.15) is 5.75 Å². The summed E-state index contributed by atoms with van der Waals surface area (Å²) >= 11 is 11.8. The van der Waals surface area contributed by atoms with Crippen molar-refractivity contribution in [2.75, 3.05) is 16.6 Å². The molecule has 25 heavy (non-hydrogen) atoms. The number of hydrogen-bond acceptors (Lipinski definition) is 4. The third-order valence-corrected chi connectivity index (χ3v) is 4.80. The lowest BCUT2D eigenvalue weighted by Gasteiger charge is -2.14. The SMILES string of the molecule is CCOc1ccc(S(=O)(=O)Nc2cc(Cl)cc(Cl)c2)cc1NC(C)=O. The average molecular weight is 403 g/mol. The Morgan fingerprint density at radius 2 is 1.76 bits per heavy atom. The monoisotopic (exact) mass is 402 g/mol. The Kier molecular flexibility index (Phi) is 6.16. The maximum absolute atomic E-state index is 12.6. The lowest BCUT2D eigenvalue weighted by molar-refractivity contribution is -0.114. The van der Waals surface area contributed by atoms with Crippen molar-refractivity contribution in [1.82, 2.24) is 0 Å². The quantitative estimate of drug-likeness (QED) is 0.759. The van der Waals surface area contributed by atoms with Gasteiger partial charge in [-0.15, -0.1) is 0 Å². The van der Waals surface area contributed by atoms with Crippen LogP contribution in [0.15, 0.2) is 41.3 Å². The van der Waals surface area contributed by atoms with Crippen LogP contribution in [0.4, 0.5) is 11.4 Å². The van der Waals surface area contributed by atoms with Crippen LogP contribution in [0.3, 0.4) is 0 Å². The summed E-state index contributed by atoms with van der Waals surface area (Å²) in [5, 5.41) is 3.16. The summed E-state index contributed by atoms with van der Waals surface area (Å²) in [5.41, 5.74) is 0.494. The molecule has 0 fully saturated rings. The Balaban J connectivity index is 2.39. The number of ether oxygens (including phenoxy) is 1. The van der Waals surface area contributed by atoms with E-state index in [1.54, 1.807) is 6.92 Å². The summed E-state index contributed by atoms with van der Waals surface area (Å²) in [6.07, 6.45) is 0. The highest BCUT2D eigenvalue weighted by Gasteiger charge is 2.18. The van der Waals surface area contributed by atoms with E-state index >= 15 is 0 Å². The fraction of sp³-hybridized carbons (Fsp3) is 0.188. The Bertz CT molecular complexity index is 881. The standard InChI is InChI=1S/C16H16Cl2N2O4S/c1-3-24-16-5-4-14(9-15(16)19-10(2)21)25(22,23)20-13-7-11(17)6-12(18)8-13/h4-9,20H,3H2,1-2H3,(H,19,21). The zero-order chi connectivity index (χ0) is 18.6. The maximum Gasteiger partial charge on any atom is 0.261 e. The Labute approximate surface area is 156 Å². The van der Waals surface area contributed by atoms with E-state index in [1.165, 1.54) is 43.3 Å². The van der Waals surface area contributed by atoms with Gasteiger partial charge in [0.05, 0.1) is 22.9 Å². The van der Waals surface area contributed by atoms with Crippen LogP contribution in [-0.2, 0) is 14.8 Å². The fourth-order valence-corrected chi connectivity index (χ4v) is 3.66. The molecule has 134 valence electrons. The first-order chi connectivity index (χ1) is 11.7. The van der Waals surface area contributed by atoms with Gasteiger partial charge in [-0.2, -0.15) is 0 Å². The summed E-state index contributed by atoms with van der Waals surface area (Å²) < 4.78 is 32.9. The zero-order valence-electron chi connectivity index (χ0n) is 13.5. The van der Waals surface area contributed by atoms with Crippen molar-refractivity contribution in [1.29, 1.82) is 0 Å². The highest BCUT2D eigenvalue weighted by Crippen LogP contribution is 2.30. The van der Waals surface area contributed by atoms with Gasteiger partial charge in [0, 0.05) is 17.0 Å². The lowest BCUT2D eigenvalue weighted by atomic mass is 10.3. The third kappa shape index (κ3) is 5.26. The van der Waals surface area contributed by atoms with E-state index in [-0.39, 0.29) is 22.2 Å². The number of hydrogen-bond donors (Lipinski definition) is 2. The summed E-state index contributed by atoms with van der Waals surface area (Å²) in [7, 11) is -3.91. The first kappa shape index (κ1) is 19.4. The minimum atomic E-state index is -3.91. The molecule has 0 aromatic heterocycles. The Morgan fingerprint density at radius 3 is 2.32 bits per heavy atom. The topological polar surface area (TPSA) is 84.5 Å². The molecule has 0 atom stereocenters. The summed E-state index contributed by atoms with van der Waals surface area (Å²) in [4.78, 5) is 11.3. The Hall–Kier alpha value is -1.96. The van der Waals surface area contributed by atoms with Crippen LogP contribution in [-0.4, -0.2) is 20.9 Å². The van der Waals surface area contributed by atoms with Gasteiger partial charge in [-0.25, -0.2) is 8.42 Å². The second-order valence-electron chi connectivity index (χ2n) is 5.04. The molecule has 2 rings (SSSR count).